The fourth-order valence-corrected chi connectivity index (χ4v) is 3.26. The predicted molar refractivity (Wildman–Crippen MR) is 96.9 cm³/mol. The van der Waals surface area contributed by atoms with Gasteiger partial charge in [-0.2, -0.15) is 0 Å². The third kappa shape index (κ3) is 4.17. The van der Waals surface area contributed by atoms with Gasteiger partial charge in [-0.3, -0.25) is 24.7 Å². The maximum atomic E-state index is 12.3. The summed E-state index contributed by atoms with van der Waals surface area (Å²) < 4.78 is 0. The zero-order valence-electron chi connectivity index (χ0n) is 15.0. The van der Waals surface area contributed by atoms with Crippen LogP contribution < -0.4 is 20.9 Å². The van der Waals surface area contributed by atoms with Gasteiger partial charge in [0, 0.05) is 38.1 Å². The van der Waals surface area contributed by atoms with E-state index in [9.17, 15) is 14.4 Å². The summed E-state index contributed by atoms with van der Waals surface area (Å²) in [7, 11) is 0. The molecule has 2 saturated heterocycles. The number of nitrogens with one attached hydrogen (secondary N) is 3. The lowest BCUT2D eigenvalue weighted by Gasteiger charge is -2.38. The molecule has 26 heavy (non-hydrogen) atoms. The third-order valence-electron chi connectivity index (χ3n) is 4.72. The second-order valence-electron chi connectivity index (χ2n) is 6.73. The maximum absolute atomic E-state index is 12.3. The van der Waals surface area contributed by atoms with Crippen molar-refractivity contribution in [1.29, 1.82) is 0 Å². The van der Waals surface area contributed by atoms with Crippen LogP contribution in [0.3, 0.4) is 0 Å². The van der Waals surface area contributed by atoms with Crippen molar-refractivity contribution in [2.45, 2.75) is 32.4 Å². The van der Waals surface area contributed by atoms with Crippen molar-refractivity contribution in [2.75, 3.05) is 36.4 Å². The number of hydrogen-bond acceptors (Lipinski definition) is 6. The SMILES string of the molecule is C[C@@H]1CNC[C@H](C)N1CC(=O)Nc1ccc(N2CCC(=O)NC2=O)cn1. The first-order valence-electron chi connectivity index (χ1n) is 8.78. The van der Waals surface area contributed by atoms with Crippen LogP contribution in [0, 0.1) is 0 Å². The van der Waals surface area contributed by atoms with Crippen LogP contribution in [-0.4, -0.2) is 66.0 Å². The Bertz CT molecular complexity index is 682. The van der Waals surface area contributed by atoms with Crippen molar-refractivity contribution in [3.63, 3.8) is 0 Å². The quantitative estimate of drug-likeness (QED) is 0.706. The highest BCUT2D eigenvalue weighted by molar-refractivity contribution is 6.05. The number of hydrogen-bond donors (Lipinski definition) is 3. The maximum Gasteiger partial charge on any atom is 0.328 e. The Kier molecular flexibility index (Phi) is 5.48. The van der Waals surface area contributed by atoms with Gasteiger partial charge in [-0.05, 0) is 26.0 Å². The number of piperazine rings is 1. The zero-order valence-corrected chi connectivity index (χ0v) is 15.0. The molecule has 2 aliphatic rings. The van der Waals surface area contributed by atoms with Crippen LogP contribution in [0.25, 0.3) is 0 Å². The Morgan fingerprint density at radius 3 is 2.62 bits per heavy atom. The molecule has 0 bridgehead atoms. The number of pyridine rings is 1. The summed E-state index contributed by atoms with van der Waals surface area (Å²) in [6, 6.07) is 3.48. The highest BCUT2D eigenvalue weighted by Gasteiger charge is 2.27. The lowest BCUT2D eigenvalue weighted by atomic mass is 10.1. The van der Waals surface area contributed by atoms with Crippen molar-refractivity contribution in [1.82, 2.24) is 20.5 Å². The summed E-state index contributed by atoms with van der Waals surface area (Å²) in [5.74, 6) is 0.0364. The molecule has 3 N–H and O–H groups in total. The van der Waals surface area contributed by atoms with E-state index in [1.165, 1.54) is 11.1 Å². The minimum atomic E-state index is -0.457. The van der Waals surface area contributed by atoms with Gasteiger partial charge in [-0.1, -0.05) is 0 Å². The van der Waals surface area contributed by atoms with Gasteiger partial charge in [0.25, 0.3) is 0 Å². The van der Waals surface area contributed by atoms with Crippen LogP contribution in [0.2, 0.25) is 0 Å². The molecule has 9 nitrogen and oxygen atoms in total. The van der Waals surface area contributed by atoms with Crippen molar-refractivity contribution < 1.29 is 14.4 Å². The summed E-state index contributed by atoms with van der Waals surface area (Å²) in [6.45, 7) is 6.55. The number of imide groups is 1. The van der Waals surface area contributed by atoms with E-state index in [4.69, 9.17) is 0 Å². The fourth-order valence-electron chi connectivity index (χ4n) is 3.26. The first-order valence-corrected chi connectivity index (χ1v) is 8.78. The van der Waals surface area contributed by atoms with E-state index in [1.807, 2.05) is 0 Å². The lowest BCUT2D eigenvalue weighted by Crippen LogP contribution is -2.56. The van der Waals surface area contributed by atoms with Gasteiger partial charge in [-0.25, -0.2) is 9.78 Å². The van der Waals surface area contributed by atoms with E-state index in [2.05, 4.69) is 39.7 Å². The standard InChI is InChI=1S/C17H24N6O3/c1-11-7-18-8-12(2)23(11)10-16(25)20-14-4-3-13(9-19-14)22-6-5-15(24)21-17(22)26/h3-4,9,11-12,18H,5-8,10H2,1-2H3,(H,19,20,25)(H,21,24,26)/t11-,12+. The van der Waals surface area contributed by atoms with Crippen molar-refractivity contribution in [3.05, 3.63) is 18.3 Å². The van der Waals surface area contributed by atoms with E-state index >= 15 is 0 Å². The molecule has 140 valence electrons. The molecule has 2 atom stereocenters. The molecule has 1 aromatic rings. The van der Waals surface area contributed by atoms with Gasteiger partial charge in [0.1, 0.15) is 5.82 Å². The monoisotopic (exact) mass is 360 g/mol. The summed E-state index contributed by atoms with van der Waals surface area (Å²) in [5, 5.41) is 8.40. The third-order valence-corrected chi connectivity index (χ3v) is 4.72. The molecule has 3 rings (SSSR count). The largest absolute Gasteiger partial charge is 0.328 e. The van der Waals surface area contributed by atoms with Crippen LogP contribution in [0.4, 0.5) is 16.3 Å². The predicted octanol–water partition coefficient (Wildman–Crippen LogP) is 0.149. The Morgan fingerprint density at radius 1 is 1.27 bits per heavy atom. The second kappa shape index (κ2) is 7.79. The molecule has 0 spiro atoms. The van der Waals surface area contributed by atoms with Crippen molar-refractivity contribution >= 4 is 29.4 Å². The minimum absolute atomic E-state index is 0.118. The second-order valence-corrected chi connectivity index (χ2v) is 6.73. The number of nitrogens with zero attached hydrogens (tertiary/aromatic N) is 3. The van der Waals surface area contributed by atoms with Crippen molar-refractivity contribution in [3.8, 4) is 0 Å². The molecule has 0 aliphatic carbocycles. The highest BCUT2D eigenvalue weighted by Crippen LogP contribution is 2.18. The highest BCUT2D eigenvalue weighted by atomic mass is 16.2. The van der Waals surface area contributed by atoms with Gasteiger partial charge in [0.2, 0.25) is 11.8 Å². The molecule has 9 heteroatoms. The number of rotatable bonds is 4. The molecule has 4 amide bonds. The van der Waals surface area contributed by atoms with E-state index in [1.54, 1.807) is 12.1 Å². The van der Waals surface area contributed by atoms with Crippen LogP contribution >= 0.6 is 0 Å². The number of carbonyl (C=O) groups is 3. The summed E-state index contributed by atoms with van der Waals surface area (Å²) >= 11 is 0. The topological polar surface area (TPSA) is 107 Å². The number of amides is 4. The Balaban J connectivity index is 1.58. The van der Waals surface area contributed by atoms with Gasteiger partial charge < -0.3 is 10.6 Å². The molecule has 0 aromatic carbocycles. The zero-order chi connectivity index (χ0) is 18.7. The number of aromatic nitrogens is 1. The van der Waals surface area contributed by atoms with E-state index in [-0.39, 0.29) is 18.2 Å². The van der Waals surface area contributed by atoms with Crippen LogP contribution in [0.1, 0.15) is 20.3 Å². The van der Waals surface area contributed by atoms with Gasteiger partial charge >= 0.3 is 6.03 Å². The Labute approximate surface area is 152 Å². The molecular weight excluding hydrogens is 336 g/mol. The molecule has 2 aliphatic heterocycles. The molecule has 0 unspecified atom stereocenters. The number of urea groups is 1. The first-order chi connectivity index (χ1) is 12.4. The van der Waals surface area contributed by atoms with E-state index in [0.29, 0.717) is 36.7 Å². The normalized spacial score (nSPS) is 24.3. The van der Waals surface area contributed by atoms with Gasteiger partial charge in [0.15, 0.2) is 0 Å². The molecule has 3 heterocycles. The van der Waals surface area contributed by atoms with Crippen molar-refractivity contribution in [2.24, 2.45) is 0 Å². The summed E-state index contributed by atoms with van der Waals surface area (Å²) in [4.78, 5) is 43.2. The Morgan fingerprint density at radius 2 is 2.00 bits per heavy atom. The van der Waals surface area contributed by atoms with Crippen LogP contribution in [0.15, 0.2) is 18.3 Å². The van der Waals surface area contributed by atoms with Gasteiger partial charge in [0.05, 0.1) is 18.4 Å². The molecule has 1 aromatic heterocycles. The summed E-state index contributed by atoms with van der Waals surface area (Å²) in [6.07, 6.45) is 1.77. The number of carbonyl (C=O) groups excluding carboxylic acids is 3. The first kappa shape index (κ1) is 18.3. The average Bonchev–Trinajstić information content (AvgIpc) is 2.59. The molecule has 0 saturated carbocycles. The molecular formula is C17H24N6O3. The average molecular weight is 360 g/mol. The smallest absolute Gasteiger partial charge is 0.314 e. The van der Waals surface area contributed by atoms with Gasteiger partial charge in [-0.15, -0.1) is 0 Å². The van der Waals surface area contributed by atoms with E-state index in [0.717, 1.165) is 13.1 Å². The molecule has 2 fully saturated rings. The molecule has 0 radical (unpaired) electrons. The van der Waals surface area contributed by atoms with Crippen LogP contribution in [0.5, 0.6) is 0 Å². The minimum Gasteiger partial charge on any atom is -0.314 e. The lowest BCUT2D eigenvalue weighted by molar-refractivity contribution is -0.120. The van der Waals surface area contributed by atoms with Crippen LogP contribution in [-0.2, 0) is 9.59 Å². The number of anilines is 2. The summed E-state index contributed by atoms with van der Waals surface area (Å²) in [5.41, 5.74) is 0.581. The fraction of sp³-hybridized carbons (Fsp3) is 0.529. The Hall–Kier alpha value is -2.52. The van der Waals surface area contributed by atoms with E-state index < -0.39 is 6.03 Å².